The van der Waals surface area contributed by atoms with E-state index in [1.165, 1.54) is 6.92 Å². The number of hydrogen-bond donors (Lipinski definition) is 4. The number of carbonyl (C=O) groups is 4. The molecule has 4 N–H and O–H groups in total. The van der Waals surface area contributed by atoms with Gasteiger partial charge in [0, 0.05) is 0 Å². The van der Waals surface area contributed by atoms with Crippen molar-refractivity contribution in [3.63, 3.8) is 0 Å². The van der Waals surface area contributed by atoms with Crippen LogP contribution in [0.1, 0.15) is 34.1 Å². The van der Waals surface area contributed by atoms with Crippen LogP contribution in [0.3, 0.4) is 0 Å². The van der Waals surface area contributed by atoms with E-state index in [1.807, 2.05) is 0 Å². The second kappa shape index (κ2) is 5.71. The molecule has 0 aliphatic heterocycles. The van der Waals surface area contributed by atoms with Gasteiger partial charge in [0.1, 0.15) is 0 Å². The lowest BCUT2D eigenvalue weighted by Gasteiger charge is -2.67. The summed E-state index contributed by atoms with van der Waals surface area (Å²) in [5, 5.41) is 38.6. The van der Waals surface area contributed by atoms with Crippen molar-refractivity contribution in [3.8, 4) is 0 Å². The van der Waals surface area contributed by atoms with E-state index in [9.17, 15) is 39.6 Å². The van der Waals surface area contributed by atoms with Crippen molar-refractivity contribution in [2.45, 2.75) is 34.1 Å². The third-order valence-corrected chi connectivity index (χ3v) is 6.50. The Kier molecular flexibility index (Phi) is 4.39. The smallest absolute Gasteiger partial charge is 0.311 e. The van der Waals surface area contributed by atoms with Crippen molar-refractivity contribution in [1.82, 2.24) is 0 Å². The van der Waals surface area contributed by atoms with Crippen molar-refractivity contribution >= 4 is 23.9 Å². The molecule has 0 spiro atoms. The van der Waals surface area contributed by atoms with E-state index in [1.54, 1.807) is 20.8 Å². The first kappa shape index (κ1) is 19.2. The van der Waals surface area contributed by atoms with E-state index in [0.717, 1.165) is 0 Å². The van der Waals surface area contributed by atoms with E-state index < -0.39 is 70.2 Å². The zero-order valence-corrected chi connectivity index (χ0v) is 14.6. The Balaban J connectivity index is 2.63. The maximum absolute atomic E-state index is 12.2. The number of rotatable bonds is 4. The van der Waals surface area contributed by atoms with Gasteiger partial charge in [-0.3, -0.25) is 19.2 Å². The van der Waals surface area contributed by atoms with Gasteiger partial charge < -0.3 is 20.4 Å². The quantitative estimate of drug-likeness (QED) is 0.592. The van der Waals surface area contributed by atoms with Gasteiger partial charge in [-0.1, -0.05) is 27.7 Å². The lowest BCUT2D eigenvalue weighted by atomic mass is 9.33. The van der Waals surface area contributed by atoms with Crippen LogP contribution in [-0.2, 0) is 19.2 Å². The molecule has 2 rings (SSSR count). The van der Waals surface area contributed by atoms with Crippen molar-refractivity contribution in [2.75, 3.05) is 0 Å². The van der Waals surface area contributed by atoms with Gasteiger partial charge in [-0.2, -0.15) is 0 Å². The van der Waals surface area contributed by atoms with Crippen LogP contribution in [0.15, 0.2) is 0 Å². The van der Waals surface area contributed by atoms with Crippen molar-refractivity contribution in [2.24, 2.45) is 46.3 Å². The molecule has 2 saturated carbocycles. The van der Waals surface area contributed by atoms with Crippen LogP contribution >= 0.6 is 0 Å². The van der Waals surface area contributed by atoms with E-state index in [0.29, 0.717) is 0 Å². The van der Waals surface area contributed by atoms with E-state index in [2.05, 4.69) is 0 Å². The van der Waals surface area contributed by atoms with Gasteiger partial charge in [-0.15, -0.1) is 0 Å². The minimum atomic E-state index is -1.63. The summed E-state index contributed by atoms with van der Waals surface area (Å²) in [4.78, 5) is 47.3. The summed E-state index contributed by atoms with van der Waals surface area (Å²) in [5.74, 6) is -10.9. The fraction of sp³-hybridized carbons (Fsp3) is 0.765. The Morgan fingerprint density at radius 2 is 1.44 bits per heavy atom. The molecule has 140 valence electrons. The number of aliphatic carboxylic acids is 4. The second-order valence-corrected chi connectivity index (χ2v) is 8.33. The highest BCUT2D eigenvalue weighted by atomic mass is 16.4. The Morgan fingerprint density at radius 3 is 1.76 bits per heavy atom. The van der Waals surface area contributed by atoms with Gasteiger partial charge in [-0.25, -0.2) is 0 Å². The van der Waals surface area contributed by atoms with Gasteiger partial charge in [0.05, 0.1) is 23.2 Å². The summed E-state index contributed by atoms with van der Waals surface area (Å²) in [5.41, 5.74) is -2.56. The van der Waals surface area contributed by atoms with Gasteiger partial charge in [0.2, 0.25) is 0 Å². The Hall–Kier alpha value is -2.12. The van der Waals surface area contributed by atoms with Crippen LogP contribution in [-0.4, -0.2) is 44.3 Å². The first-order chi connectivity index (χ1) is 11.3. The van der Waals surface area contributed by atoms with Crippen molar-refractivity contribution in [3.05, 3.63) is 0 Å². The molecule has 2 aliphatic carbocycles. The predicted molar refractivity (Wildman–Crippen MR) is 83.7 cm³/mol. The Morgan fingerprint density at radius 1 is 0.920 bits per heavy atom. The lowest BCUT2D eigenvalue weighted by molar-refractivity contribution is -0.250. The molecule has 25 heavy (non-hydrogen) atoms. The number of carboxylic acid groups (broad SMARTS) is 4. The average molecular weight is 356 g/mol. The van der Waals surface area contributed by atoms with Gasteiger partial charge in [-0.05, 0) is 29.6 Å². The average Bonchev–Trinajstić information content (AvgIpc) is 2.36. The molecule has 2 fully saturated rings. The van der Waals surface area contributed by atoms with Crippen LogP contribution in [0.4, 0.5) is 0 Å². The monoisotopic (exact) mass is 356 g/mol. The lowest BCUT2D eigenvalue weighted by Crippen LogP contribution is -2.73. The summed E-state index contributed by atoms with van der Waals surface area (Å²) in [7, 11) is 0. The molecule has 0 aromatic heterocycles. The fourth-order valence-corrected chi connectivity index (χ4v) is 5.64. The molecule has 7 unspecified atom stereocenters. The van der Waals surface area contributed by atoms with Crippen LogP contribution in [0.5, 0.6) is 0 Å². The SMILES string of the molecule is CC1C(C(=O)O)C(C(=O)O)CC2C1C(C(=O)O)C2(C(=O)O)C(C)(C)C. The molecule has 0 aromatic rings. The molecule has 0 saturated heterocycles. The molecule has 0 amide bonds. The standard InChI is InChI=1S/C17H24O8/c1-6-9(13(20)21)7(12(18)19)5-8-10(6)11(14(22)23)17(8,15(24)25)16(2,3)4/h6-11H,5H2,1-4H3,(H,18,19)(H,20,21)(H,22,23)(H,24,25). The molecule has 8 nitrogen and oxygen atoms in total. The number of hydrogen-bond acceptors (Lipinski definition) is 4. The predicted octanol–water partition coefficient (Wildman–Crippen LogP) is 1.49. The van der Waals surface area contributed by atoms with Crippen molar-refractivity contribution in [1.29, 1.82) is 0 Å². The van der Waals surface area contributed by atoms with Crippen LogP contribution in [0.25, 0.3) is 0 Å². The van der Waals surface area contributed by atoms with Gasteiger partial charge >= 0.3 is 23.9 Å². The first-order valence-electron chi connectivity index (χ1n) is 8.21. The molecule has 7 atom stereocenters. The minimum Gasteiger partial charge on any atom is -0.481 e. The zero-order chi connectivity index (χ0) is 19.5. The molecule has 2 aliphatic rings. The first-order valence-corrected chi connectivity index (χ1v) is 8.21. The third-order valence-electron chi connectivity index (χ3n) is 6.50. The molecule has 0 aromatic carbocycles. The molecule has 0 bridgehead atoms. The summed E-state index contributed by atoms with van der Waals surface area (Å²) < 4.78 is 0. The van der Waals surface area contributed by atoms with Crippen LogP contribution < -0.4 is 0 Å². The molecule has 0 heterocycles. The Bertz CT molecular complexity index is 633. The normalized spacial score (nSPS) is 40.5. The van der Waals surface area contributed by atoms with E-state index in [4.69, 9.17) is 0 Å². The topological polar surface area (TPSA) is 149 Å². The molecule has 0 radical (unpaired) electrons. The largest absolute Gasteiger partial charge is 0.481 e. The van der Waals surface area contributed by atoms with E-state index in [-0.39, 0.29) is 6.42 Å². The number of fused-ring (bicyclic) bond motifs is 1. The summed E-state index contributed by atoms with van der Waals surface area (Å²) in [6, 6.07) is 0. The maximum Gasteiger partial charge on any atom is 0.311 e. The zero-order valence-electron chi connectivity index (χ0n) is 14.6. The molecular formula is C17H24O8. The highest BCUT2D eigenvalue weighted by Crippen LogP contribution is 2.71. The summed E-state index contributed by atoms with van der Waals surface area (Å²) in [6.07, 6.45) is -0.144. The van der Waals surface area contributed by atoms with Gasteiger partial charge in [0.15, 0.2) is 0 Å². The van der Waals surface area contributed by atoms with Crippen molar-refractivity contribution < 1.29 is 39.6 Å². The van der Waals surface area contributed by atoms with Gasteiger partial charge in [0.25, 0.3) is 0 Å². The summed E-state index contributed by atoms with van der Waals surface area (Å²) >= 11 is 0. The minimum absolute atomic E-state index is 0.144. The summed E-state index contributed by atoms with van der Waals surface area (Å²) in [6.45, 7) is 6.43. The number of carboxylic acids is 4. The molecular weight excluding hydrogens is 332 g/mol. The highest BCUT2D eigenvalue weighted by molar-refractivity contribution is 5.89. The third kappa shape index (κ3) is 2.33. The van der Waals surface area contributed by atoms with E-state index >= 15 is 0 Å². The highest BCUT2D eigenvalue weighted by Gasteiger charge is 2.76. The fourth-order valence-electron chi connectivity index (χ4n) is 5.64. The molecule has 8 heteroatoms. The van der Waals surface area contributed by atoms with Crippen LogP contribution in [0.2, 0.25) is 0 Å². The van der Waals surface area contributed by atoms with Crippen LogP contribution in [0, 0.1) is 46.3 Å². The second-order valence-electron chi connectivity index (χ2n) is 8.33. The maximum atomic E-state index is 12.2. The Labute approximate surface area is 144 Å².